The van der Waals surface area contributed by atoms with Crippen molar-refractivity contribution in [3.63, 3.8) is 0 Å². The molecule has 0 aliphatic rings. The number of anilines is 2. The van der Waals surface area contributed by atoms with E-state index in [1.54, 1.807) is 6.07 Å². The highest BCUT2D eigenvalue weighted by Crippen LogP contribution is 2.26. The zero-order valence-corrected chi connectivity index (χ0v) is 18.6. The molecule has 0 spiro atoms. The number of hydrogen-bond donors (Lipinski definition) is 2. The Labute approximate surface area is 188 Å². The summed E-state index contributed by atoms with van der Waals surface area (Å²) in [6, 6.07) is 19.4. The van der Waals surface area contributed by atoms with Crippen LogP contribution >= 0.6 is 23.1 Å². The molecule has 1 heterocycles. The third kappa shape index (κ3) is 5.28. The third-order valence-corrected chi connectivity index (χ3v) is 6.60. The molecule has 0 saturated heterocycles. The average Bonchev–Trinajstić information content (AvgIpc) is 3.21. The maximum atomic E-state index is 12.6. The number of carbonyl (C=O) groups excluding carboxylic acids is 2. The summed E-state index contributed by atoms with van der Waals surface area (Å²) in [5, 5.41) is 16.2. The van der Waals surface area contributed by atoms with Gasteiger partial charge in [0.1, 0.15) is 0 Å². The number of nitrogens with zero attached hydrogens (tertiary/aromatic N) is 2. The van der Waals surface area contributed by atoms with Gasteiger partial charge in [-0.25, -0.2) is 0 Å². The van der Waals surface area contributed by atoms with Gasteiger partial charge in [-0.1, -0.05) is 65.6 Å². The fourth-order valence-corrected chi connectivity index (χ4v) is 4.55. The molecule has 0 bridgehead atoms. The Balaban J connectivity index is 1.34. The second kappa shape index (κ2) is 9.28. The number of amides is 2. The Morgan fingerprint density at radius 2 is 1.74 bits per heavy atom. The molecule has 2 amide bonds. The molecule has 0 saturated carbocycles. The third-order valence-electron chi connectivity index (χ3n) is 4.63. The van der Waals surface area contributed by atoms with Gasteiger partial charge >= 0.3 is 0 Å². The van der Waals surface area contributed by atoms with Crippen LogP contribution in [0.3, 0.4) is 0 Å². The standard InChI is InChI=1S/C23H20N4O2S2/c1-14-7-8-15(2)19(11-14)24-20(28)13-30-23-27-26-22(31-23)25-21(29)18-10-9-16-5-3-4-6-17(16)12-18/h3-12H,13H2,1-2H3,(H,24,28)(H,25,26,29). The van der Waals surface area contributed by atoms with Crippen LogP contribution in [-0.2, 0) is 4.79 Å². The van der Waals surface area contributed by atoms with E-state index in [1.165, 1.54) is 23.1 Å². The first-order valence-electron chi connectivity index (χ1n) is 9.61. The van der Waals surface area contributed by atoms with Gasteiger partial charge in [-0.3, -0.25) is 14.9 Å². The minimum Gasteiger partial charge on any atom is -0.325 e. The van der Waals surface area contributed by atoms with Crippen LogP contribution in [0.2, 0.25) is 0 Å². The number of carbonyl (C=O) groups is 2. The Bertz CT molecular complexity index is 1270. The van der Waals surface area contributed by atoms with Gasteiger partial charge in [-0.2, -0.15) is 0 Å². The molecule has 6 nitrogen and oxygen atoms in total. The Hall–Kier alpha value is -3.23. The van der Waals surface area contributed by atoms with Crippen LogP contribution in [0.15, 0.2) is 65.0 Å². The second-order valence-electron chi connectivity index (χ2n) is 7.04. The highest BCUT2D eigenvalue weighted by atomic mass is 32.2. The van der Waals surface area contributed by atoms with Crippen molar-refractivity contribution >= 4 is 56.5 Å². The molecule has 0 atom stereocenters. The van der Waals surface area contributed by atoms with Gasteiger partial charge in [0.2, 0.25) is 11.0 Å². The molecule has 1 aromatic heterocycles. The lowest BCUT2D eigenvalue weighted by Gasteiger charge is -2.08. The lowest BCUT2D eigenvalue weighted by molar-refractivity contribution is -0.113. The molecule has 0 aliphatic carbocycles. The highest BCUT2D eigenvalue weighted by molar-refractivity contribution is 8.01. The SMILES string of the molecule is Cc1ccc(C)c(NC(=O)CSc2nnc(NC(=O)c3ccc4ccccc4c3)s2)c1. The summed E-state index contributed by atoms with van der Waals surface area (Å²) in [7, 11) is 0. The van der Waals surface area contributed by atoms with E-state index >= 15 is 0 Å². The number of rotatable bonds is 6. The summed E-state index contributed by atoms with van der Waals surface area (Å²) in [6.07, 6.45) is 0. The molecule has 156 valence electrons. The zero-order chi connectivity index (χ0) is 21.8. The Kier molecular flexibility index (Phi) is 6.29. The summed E-state index contributed by atoms with van der Waals surface area (Å²) in [5.74, 6) is -0.151. The van der Waals surface area contributed by atoms with E-state index < -0.39 is 0 Å². The fourth-order valence-electron chi connectivity index (χ4n) is 3.00. The molecular formula is C23H20N4O2S2. The van der Waals surface area contributed by atoms with Crippen LogP contribution < -0.4 is 10.6 Å². The molecular weight excluding hydrogens is 428 g/mol. The van der Waals surface area contributed by atoms with Crippen LogP contribution in [0.25, 0.3) is 10.8 Å². The van der Waals surface area contributed by atoms with Crippen molar-refractivity contribution in [3.05, 3.63) is 77.4 Å². The van der Waals surface area contributed by atoms with Gasteiger partial charge in [0.15, 0.2) is 4.34 Å². The van der Waals surface area contributed by atoms with Crippen LogP contribution in [0.4, 0.5) is 10.8 Å². The lowest BCUT2D eigenvalue weighted by atomic mass is 10.1. The number of hydrogen-bond acceptors (Lipinski definition) is 6. The number of fused-ring (bicyclic) bond motifs is 1. The number of nitrogens with one attached hydrogen (secondary N) is 2. The zero-order valence-electron chi connectivity index (χ0n) is 17.0. The van der Waals surface area contributed by atoms with Crippen molar-refractivity contribution in [2.24, 2.45) is 0 Å². The van der Waals surface area contributed by atoms with Gasteiger partial charge < -0.3 is 5.32 Å². The van der Waals surface area contributed by atoms with Crippen molar-refractivity contribution < 1.29 is 9.59 Å². The lowest BCUT2D eigenvalue weighted by Crippen LogP contribution is -2.14. The summed E-state index contributed by atoms with van der Waals surface area (Å²) in [5.41, 5.74) is 3.46. The number of aromatic nitrogens is 2. The maximum absolute atomic E-state index is 12.6. The van der Waals surface area contributed by atoms with E-state index in [1.807, 2.05) is 68.4 Å². The monoisotopic (exact) mass is 448 g/mol. The summed E-state index contributed by atoms with van der Waals surface area (Å²) < 4.78 is 0.616. The van der Waals surface area contributed by atoms with E-state index in [9.17, 15) is 9.59 Å². The molecule has 0 radical (unpaired) electrons. The van der Waals surface area contributed by atoms with Crippen molar-refractivity contribution in [1.82, 2.24) is 10.2 Å². The minimum atomic E-state index is -0.244. The van der Waals surface area contributed by atoms with E-state index in [4.69, 9.17) is 0 Å². The van der Waals surface area contributed by atoms with Crippen LogP contribution in [-0.4, -0.2) is 27.8 Å². The first-order valence-corrected chi connectivity index (χ1v) is 11.4. The Morgan fingerprint density at radius 3 is 2.58 bits per heavy atom. The summed E-state index contributed by atoms with van der Waals surface area (Å²) in [4.78, 5) is 24.8. The molecule has 31 heavy (non-hydrogen) atoms. The van der Waals surface area contributed by atoms with Crippen LogP contribution in [0.5, 0.6) is 0 Å². The largest absolute Gasteiger partial charge is 0.325 e. The predicted octanol–water partition coefficient (Wildman–Crippen LogP) is 5.29. The molecule has 0 fully saturated rings. The van der Waals surface area contributed by atoms with Gasteiger partial charge in [0.25, 0.3) is 5.91 Å². The van der Waals surface area contributed by atoms with Gasteiger partial charge in [0.05, 0.1) is 5.75 Å². The van der Waals surface area contributed by atoms with Gasteiger partial charge in [-0.05, 0) is 53.9 Å². The molecule has 0 unspecified atom stereocenters. The predicted molar refractivity (Wildman–Crippen MR) is 127 cm³/mol. The topological polar surface area (TPSA) is 84.0 Å². The average molecular weight is 449 g/mol. The smallest absolute Gasteiger partial charge is 0.257 e. The Morgan fingerprint density at radius 1 is 0.935 bits per heavy atom. The molecule has 3 aromatic carbocycles. The maximum Gasteiger partial charge on any atom is 0.257 e. The number of aryl methyl sites for hydroxylation is 2. The van der Waals surface area contributed by atoms with Crippen molar-refractivity contribution in [3.8, 4) is 0 Å². The van der Waals surface area contributed by atoms with Crippen molar-refractivity contribution in [2.45, 2.75) is 18.2 Å². The first-order chi connectivity index (χ1) is 15.0. The molecule has 2 N–H and O–H groups in total. The van der Waals surface area contributed by atoms with E-state index in [2.05, 4.69) is 20.8 Å². The fraction of sp³-hybridized carbons (Fsp3) is 0.130. The highest BCUT2D eigenvalue weighted by Gasteiger charge is 2.13. The number of thioether (sulfide) groups is 1. The normalized spacial score (nSPS) is 10.8. The van der Waals surface area contributed by atoms with Crippen LogP contribution in [0.1, 0.15) is 21.5 Å². The van der Waals surface area contributed by atoms with E-state index in [0.717, 1.165) is 27.6 Å². The summed E-state index contributed by atoms with van der Waals surface area (Å²) >= 11 is 2.53. The molecule has 4 rings (SSSR count). The minimum absolute atomic E-state index is 0.115. The first kappa shape index (κ1) is 21.0. The second-order valence-corrected chi connectivity index (χ2v) is 9.24. The van der Waals surface area contributed by atoms with E-state index in [-0.39, 0.29) is 17.6 Å². The molecule has 0 aliphatic heterocycles. The van der Waals surface area contributed by atoms with Crippen molar-refractivity contribution in [2.75, 3.05) is 16.4 Å². The molecule has 8 heteroatoms. The summed E-state index contributed by atoms with van der Waals surface area (Å²) in [6.45, 7) is 3.94. The quantitative estimate of drug-likeness (QED) is 0.309. The van der Waals surface area contributed by atoms with Crippen molar-refractivity contribution in [1.29, 1.82) is 0 Å². The van der Waals surface area contributed by atoms with E-state index in [0.29, 0.717) is 15.0 Å². The van der Waals surface area contributed by atoms with Gasteiger partial charge in [-0.15, -0.1) is 10.2 Å². The van der Waals surface area contributed by atoms with Gasteiger partial charge in [0, 0.05) is 11.3 Å². The number of benzene rings is 3. The molecule has 4 aromatic rings. The van der Waals surface area contributed by atoms with Crippen LogP contribution in [0, 0.1) is 13.8 Å².